The molecule has 4 nitrogen and oxygen atoms in total. The molecule has 1 atom stereocenters. The molecule has 0 aliphatic carbocycles. The first-order chi connectivity index (χ1) is 8.83. The molecule has 0 bridgehead atoms. The maximum absolute atomic E-state index is 12.3. The highest BCUT2D eigenvalue weighted by atomic mass is 19.4. The van der Waals surface area contributed by atoms with Gasteiger partial charge in [0.2, 0.25) is 0 Å². The summed E-state index contributed by atoms with van der Waals surface area (Å²) in [6, 6.07) is 5.23. The third-order valence-corrected chi connectivity index (χ3v) is 2.32. The number of nitrogens with one attached hydrogen (secondary N) is 1. The normalized spacial score (nSPS) is 13.6. The van der Waals surface area contributed by atoms with E-state index in [1.165, 1.54) is 18.2 Å². The molecule has 108 valence electrons. The number of alkyl halides is 3. The minimum Gasteiger partial charge on any atom is -0.405 e. The molecule has 0 amide bonds. The molecule has 19 heavy (non-hydrogen) atoms. The van der Waals surface area contributed by atoms with Gasteiger partial charge in [0.05, 0.1) is 18.8 Å². The van der Waals surface area contributed by atoms with Crippen molar-refractivity contribution in [2.45, 2.75) is 32.4 Å². The Kier molecular flexibility index (Phi) is 5.59. The lowest BCUT2D eigenvalue weighted by molar-refractivity contribution is -0.275. The Morgan fingerprint density at radius 2 is 1.89 bits per heavy atom. The quantitative estimate of drug-likeness (QED) is 0.620. The van der Waals surface area contributed by atoms with Crippen LogP contribution in [0.2, 0.25) is 0 Å². The van der Waals surface area contributed by atoms with Crippen LogP contribution in [0.4, 0.5) is 13.2 Å². The van der Waals surface area contributed by atoms with E-state index in [4.69, 9.17) is 10.6 Å². The van der Waals surface area contributed by atoms with Crippen LogP contribution in [-0.2, 0) is 4.74 Å². The standard InChI is InChI=1S/C12H17F3N2O2/c1-8(2)18-7-10(17-16)9-5-3-4-6-11(9)19-12(13,14)15/h3-6,8,10,17H,7,16H2,1-2H3. The molecule has 0 heterocycles. The third kappa shape index (κ3) is 5.46. The van der Waals surface area contributed by atoms with Gasteiger partial charge in [-0.15, -0.1) is 13.2 Å². The fraction of sp³-hybridized carbons (Fsp3) is 0.500. The average molecular weight is 278 g/mol. The summed E-state index contributed by atoms with van der Waals surface area (Å²) < 4.78 is 46.2. The highest BCUT2D eigenvalue weighted by molar-refractivity contribution is 5.36. The van der Waals surface area contributed by atoms with Crippen molar-refractivity contribution in [3.63, 3.8) is 0 Å². The summed E-state index contributed by atoms with van der Waals surface area (Å²) in [4.78, 5) is 0. The van der Waals surface area contributed by atoms with Gasteiger partial charge in [-0.3, -0.25) is 11.3 Å². The third-order valence-electron chi connectivity index (χ3n) is 2.32. The molecule has 0 aromatic heterocycles. The first kappa shape index (κ1) is 15.7. The van der Waals surface area contributed by atoms with Gasteiger partial charge in [0.15, 0.2) is 0 Å². The average Bonchev–Trinajstić information content (AvgIpc) is 2.29. The van der Waals surface area contributed by atoms with Crippen LogP contribution in [0, 0.1) is 0 Å². The molecule has 3 N–H and O–H groups in total. The number of para-hydroxylation sites is 1. The number of hydrogen-bond donors (Lipinski definition) is 2. The maximum atomic E-state index is 12.3. The molecule has 1 aromatic rings. The number of rotatable bonds is 6. The van der Waals surface area contributed by atoms with Crippen LogP contribution in [0.1, 0.15) is 25.5 Å². The van der Waals surface area contributed by atoms with Crippen LogP contribution in [0.25, 0.3) is 0 Å². The Hall–Kier alpha value is -1.31. The van der Waals surface area contributed by atoms with Crippen molar-refractivity contribution in [1.29, 1.82) is 0 Å². The molecular weight excluding hydrogens is 261 g/mol. The molecule has 0 aliphatic rings. The maximum Gasteiger partial charge on any atom is 0.573 e. The number of halogens is 3. The van der Waals surface area contributed by atoms with Crippen LogP contribution in [0.3, 0.4) is 0 Å². The van der Waals surface area contributed by atoms with E-state index < -0.39 is 12.4 Å². The van der Waals surface area contributed by atoms with E-state index in [2.05, 4.69) is 10.2 Å². The minimum atomic E-state index is -4.74. The van der Waals surface area contributed by atoms with Crippen LogP contribution in [-0.4, -0.2) is 19.1 Å². The van der Waals surface area contributed by atoms with Crippen LogP contribution < -0.4 is 16.0 Å². The second kappa shape index (κ2) is 6.74. The smallest absolute Gasteiger partial charge is 0.405 e. The van der Waals surface area contributed by atoms with E-state index in [0.717, 1.165) is 0 Å². The molecule has 0 spiro atoms. The van der Waals surface area contributed by atoms with Crippen molar-refractivity contribution in [3.05, 3.63) is 29.8 Å². The number of hydrogen-bond acceptors (Lipinski definition) is 4. The summed E-state index contributed by atoms with van der Waals surface area (Å²) >= 11 is 0. The van der Waals surface area contributed by atoms with Crippen molar-refractivity contribution in [1.82, 2.24) is 5.43 Å². The number of nitrogens with two attached hydrogens (primary N) is 1. The second-order valence-corrected chi connectivity index (χ2v) is 4.19. The summed E-state index contributed by atoms with van der Waals surface area (Å²) in [6.07, 6.45) is -4.79. The Morgan fingerprint density at radius 3 is 2.42 bits per heavy atom. The predicted molar refractivity (Wildman–Crippen MR) is 64.3 cm³/mol. The highest BCUT2D eigenvalue weighted by Gasteiger charge is 2.32. The van der Waals surface area contributed by atoms with E-state index in [0.29, 0.717) is 5.56 Å². The Labute approximate surface area is 109 Å². The van der Waals surface area contributed by atoms with Crippen LogP contribution in [0.15, 0.2) is 24.3 Å². The van der Waals surface area contributed by atoms with E-state index in [1.54, 1.807) is 6.07 Å². The highest BCUT2D eigenvalue weighted by Crippen LogP contribution is 2.30. The molecule has 0 saturated carbocycles. The summed E-state index contributed by atoms with van der Waals surface area (Å²) in [5, 5.41) is 0. The van der Waals surface area contributed by atoms with E-state index in [9.17, 15) is 13.2 Å². The number of hydrazine groups is 1. The van der Waals surface area contributed by atoms with Crippen LogP contribution in [0.5, 0.6) is 5.75 Å². The number of ether oxygens (including phenoxy) is 2. The van der Waals surface area contributed by atoms with Gasteiger partial charge in [-0.05, 0) is 19.9 Å². The van der Waals surface area contributed by atoms with E-state index in [-0.39, 0.29) is 18.5 Å². The monoisotopic (exact) mass is 278 g/mol. The Morgan fingerprint density at radius 1 is 1.26 bits per heavy atom. The zero-order valence-electron chi connectivity index (χ0n) is 10.7. The van der Waals surface area contributed by atoms with E-state index in [1.807, 2.05) is 13.8 Å². The topological polar surface area (TPSA) is 56.5 Å². The molecule has 0 saturated heterocycles. The molecule has 0 fully saturated rings. The predicted octanol–water partition coefficient (Wildman–Crippen LogP) is 2.51. The first-order valence-electron chi connectivity index (χ1n) is 5.76. The Bertz CT molecular complexity index is 397. The largest absolute Gasteiger partial charge is 0.573 e. The van der Waals surface area contributed by atoms with E-state index >= 15 is 0 Å². The molecule has 1 aromatic carbocycles. The van der Waals surface area contributed by atoms with Gasteiger partial charge in [-0.2, -0.15) is 0 Å². The SMILES string of the molecule is CC(C)OCC(NN)c1ccccc1OC(F)(F)F. The van der Waals surface area contributed by atoms with Gasteiger partial charge in [0, 0.05) is 5.56 Å². The lowest BCUT2D eigenvalue weighted by atomic mass is 10.1. The first-order valence-corrected chi connectivity index (χ1v) is 5.76. The fourth-order valence-electron chi connectivity index (χ4n) is 1.50. The van der Waals surface area contributed by atoms with Crippen molar-refractivity contribution >= 4 is 0 Å². The van der Waals surface area contributed by atoms with Crippen LogP contribution >= 0.6 is 0 Å². The van der Waals surface area contributed by atoms with Crippen molar-refractivity contribution < 1.29 is 22.6 Å². The Balaban J connectivity index is 2.90. The van der Waals surface area contributed by atoms with Gasteiger partial charge in [-0.1, -0.05) is 18.2 Å². The van der Waals surface area contributed by atoms with Crippen molar-refractivity contribution in [2.75, 3.05) is 6.61 Å². The summed E-state index contributed by atoms with van der Waals surface area (Å²) in [7, 11) is 0. The second-order valence-electron chi connectivity index (χ2n) is 4.19. The molecule has 0 radical (unpaired) electrons. The van der Waals surface area contributed by atoms with Crippen molar-refractivity contribution in [3.8, 4) is 5.75 Å². The zero-order valence-corrected chi connectivity index (χ0v) is 10.7. The van der Waals surface area contributed by atoms with Gasteiger partial charge in [0.25, 0.3) is 0 Å². The zero-order chi connectivity index (χ0) is 14.5. The molecule has 7 heteroatoms. The van der Waals surface area contributed by atoms with Gasteiger partial charge >= 0.3 is 6.36 Å². The summed E-state index contributed by atoms with van der Waals surface area (Å²) in [5.41, 5.74) is 2.72. The summed E-state index contributed by atoms with van der Waals surface area (Å²) in [6.45, 7) is 3.80. The molecular formula is C12H17F3N2O2. The lowest BCUT2D eigenvalue weighted by Gasteiger charge is -2.21. The minimum absolute atomic E-state index is 0.0495. The van der Waals surface area contributed by atoms with Gasteiger partial charge in [0.1, 0.15) is 5.75 Å². The molecule has 0 aliphatic heterocycles. The number of benzene rings is 1. The molecule has 1 unspecified atom stereocenters. The lowest BCUT2D eigenvalue weighted by Crippen LogP contribution is -2.33. The van der Waals surface area contributed by atoms with Gasteiger partial charge in [-0.25, -0.2) is 0 Å². The fourth-order valence-corrected chi connectivity index (χ4v) is 1.50. The summed E-state index contributed by atoms with van der Waals surface area (Å²) in [5.74, 6) is 5.07. The van der Waals surface area contributed by atoms with Gasteiger partial charge < -0.3 is 9.47 Å². The van der Waals surface area contributed by atoms with Crippen molar-refractivity contribution in [2.24, 2.45) is 5.84 Å². The molecule has 1 rings (SSSR count).